The molecule has 0 spiro atoms. The fraction of sp³-hybridized carbons (Fsp3) is 0.727. The van der Waals surface area contributed by atoms with Gasteiger partial charge in [-0.05, 0) is 25.2 Å². The van der Waals surface area contributed by atoms with E-state index in [2.05, 4.69) is 12.2 Å². The van der Waals surface area contributed by atoms with Crippen LogP contribution in [0.5, 0.6) is 0 Å². The number of Topliss-reactive ketones (excluding diaryl/α,β-unsaturated/α-hetero) is 1. The van der Waals surface area contributed by atoms with Crippen LogP contribution in [0, 0.1) is 17.8 Å². The van der Waals surface area contributed by atoms with Crippen molar-refractivity contribution in [1.29, 1.82) is 0 Å². The van der Waals surface area contributed by atoms with Crippen LogP contribution in [0.15, 0.2) is 12.2 Å². The molecule has 2 nitrogen and oxygen atoms in total. The Balaban J connectivity index is 2.05. The Bertz CT molecular complexity index is 294. The number of aliphatic hydroxyl groups is 1. The molecule has 0 aromatic rings. The van der Waals surface area contributed by atoms with Crippen LogP contribution in [0.4, 0.5) is 0 Å². The normalized spacial score (nSPS) is 52.7. The van der Waals surface area contributed by atoms with Gasteiger partial charge < -0.3 is 5.11 Å². The number of carbonyl (C=O) groups excluding carboxylic acids is 1. The van der Waals surface area contributed by atoms with Gasteiger partial charge in [-0.1, -0.05) is 12.2 Å². The molecule has 0 aromatic heterocycles. The number of hydrogen-bond donors (Lipinski definition) is 1. The fourth-order valence-corrected chi connectivity index (χ4v) is 3.51. The van der Waals surface area contributed by atoms with Crippen molar-refractivity contribution in [1.82, 2.24) is 0 Å². The van der Waals surface area contributed by atoms with Crippen molar-refractivity contribution in [3.63, 3.8) is 0 Å². The molecule has 0 saturated heterocycles. The lowest BCUT2D eigenvalue weighted by molar-refractivity contribution is -0.139. The minimum Gasteiger partial charge on any atom is -0.389 e. The Morgan fingerprint density at radius 2 is 2.31 bits per heavy atom. The Morgan fingerprint density at radius 3 is 3.08 bits per heavy atom. The van der Waals surface area contributed by atoms with Crippen LogP contribution in [0.25, 0.3) is 0 Å². The molecule has 3 aliphatic carbocycles. The van der Waals surface area contributed by atoms with E-state index >= 15 is 0 Å². The third-order valence-corrected chi connectivity index (χ3v) is 4.07. The smallest absolute Gasteiger partial charge is 0.139 e. The van der Waals surface area contributed by atoms with E-state index in [4.69, 9.17) is 0 Å². The number of fused-ring (bicyclic) bond motifs is 5. The average molecular weight is 178 g/mol. The second-order valence-corrected chi connectivity index (χ2v) is 4.68. The van der Waals surface area contributed by atoms with E-state index in [0.717, 1.165) is 19.3 Å². The summed E-state index contributed by atoms with van der Waals surface area (Å²) in [6.07, 6.45) is 7.64. The molecule has 70 valence electrons. The molecule has 4 unspecified atom stereocenters. The van der Waals surface area contributed by atoms with E-state index in [1.807, 2.05) is 0 Å². The Labute approximate surface area is 77.6 Å². The van der Waals surface area contributed by atoms with Crippen LogP contribution in [-0.2, 0) is 4.79 Å². The second-order valence-electron chi connectivity index (χ2n) is 4.68. The van der Waals surface area contributed by atoms with Crippen molar-refractivity contribution < 1.29 is 9.90 Å². The summed E-state index contributed by atoms with van der Waals surface area (Å²) in [6.45, 7) is 0. The highest BCUT2D eigenvalue weighted by Crippen LogP contribution is 2.55. The second kappa shape index (κ2) is 2.24. The molecule has 1 N–H and O–H groups in total. The van der Waals surface area contributed by atoms with Crippen LogP contribution in [-0.4, -0.2) is 16.5 Å². The van der Waals surface area contributed by atoms with Gasteiger partial charge in [-0.2, -0.15) is 0 Å². The molecule has 0 aliphatic heterocycles. The largest absolute Gasteiger partial charge is 0.389 e. The number of allylic oxidation sites excluding steroid dienone is 1. The first-order chi connectivity index (χ1) is 6.22. The molecule has 2 saturated carbocycles. The zero-order valence-electron chi connectivity index (χ0n) is 7.57. The summed E-state index contributed by atoms with van der Waals surface area (Å²) in [6, 6.07) is 0. The standard InChI is InChI=1S/C11H14O2/c12-9-2-1-5-11(13)8-4-3-7(6-8)10(9)11/h3-4,7-8,10,13H,1-2,5-6H2. The maximum atomic E-state index is 11.7. The lowest BCUT2D eigenvalue weighted by atomic mass is 9.69. The predicted octanol–water partition coefficient (Wildman–Crippen LogP) is 1.29. The topological polar surface area (TPSA) is 37.3 Å². The van der Waals surface area contributed by atoms with E-state index in [1.165, 1.54) is 0 Å². The summed E-state index contributed by atoms with van der Waals surface area (Å²) in [5.41, 5.74) is -0.658. The van der Waals surface area contributed by atoms with Crippen molar-refractivity contribution in [2.24, 2.45) is 17.8 Å². The van der Waals surface area contributed by atoms with Crippen LogP contribution in [0.1, 0.15) is 25.7 Å². The van der Waals surface area contributed by atoms with Crippen LogP contribution in [0.3, 0.4) is 0 Å². The molecule has 3 aliphatic rings. The zero-order chi connectivity index (χ0) is 9.05. The van der Waals surface area contributed by atoms with Gasteiger partial charge in [-0.25, -0.2) is 0 Å². The molecule has 0 amide bonds. The molecule has 2 heteroatoms. The average Bonchev–Trinajstić information content (AvgIpc) is 2.62. The number of carbonyl (C=O) groups is 1. The molecular formula is C11H14O2. The summed E-state index contributed by atoms with van der Waals surface area (Å²) in [4.78, 5) is 11.7. The van der Waals surface area contributed by atoms with Gasteiger partial charge in [-0.3, -0.25) is 4.79 Å². The quantitative estimate of drug-likeness (QED) is 0.567. The van der Waals surface area contributed by atoms with Crippen LogP contribution >= 0.6 is 0 Å². The Morgan fingerprint density at radius 1 is 1.46 bits per heavy atom. The highest BCUT2D eigenvalue weighted by Gasteiger charge is 2.58. The molecule has 3 rings (SSSR count). The van der Waals surface area contributed by atoms with Crippen molar-refractivity contribution in [3.05, 3.63) is 12.2 Å². The van der Waals surface area contributed by atoms with Crippen molar-refractivity contribution >= 4 is 5.78 Å². The van der Waals surface area contributed by atoms with Crippen LogP contribution in [0.2, 0.25) is 0 Å². The molecule has 2 bridgehead atoms. The molecule has 4 atom stereocenters. The van der Waals surface area contributed by atoms with Gasteiger partial charge in [-0.15, -0.1) is 0 Å². The third kappa shape index (κ3) is 0.798. The van der Waals surface area contributed by atoms with Crippen molar-refractivity contribution in [2.75, 3.05) is 0 Å². The van der Waals surface area contributed by atoms with Gasteiger partial charge in [0.25, 0.3) is 0 Å². The predicted molar refractivity (Wildman–Crippen MR) is 48.0 cm³/mol. The Hall–Kier alpha value is -0.630. The highest BCUT2D eigenvalue weighted by atomic mass is 16.3. The maximum Gasteiger partial charge on any atom is 0.139 e. The zero-order valence-corrected chi connectivity index (χ0v) is 7.57. The summed E-state index contributed by atoms with van der Waals surface area (Å²) in [7, 11) is 0. The molecule has 13 heavy (non-hydrogen) atoms. The van der Waals surface area contributed by atoms with Gasteiger partial charge in [0, 0.05) is 12.3 Å². The number of ketones is 1. The first-order valence-corrected chi connectivity index (χ1v) is 5.15. The van der Waals surface area contributed by atoms with E-state index in [-0.39, 0.29) is 11.8 Å². The SMILES string of the molecule is O=C1CCCC2(O)C3C=CC(C3)C12. The van der Waals surface area contributed by atoms with Crippen LogP contribution < -0.4 is 0 Å². The summed E-state index contributed by atoms with van der Waals surface area (Å²) >= 11 is 0. The van der Waals surface area contributed by atoms with Gasteiger partial charge in [0.1, 0.15) is 5.78 Å². The summed E-state index contributed by atoms with van der Waals surface area (Å²) in [5, 5.41) is 10.4. The summed E-state index contributed by atoms with van der Waals surface area (Å²) < 4.78 is 0. The van der Waals surface area contributed by atoms with Gasteiger partial charge in [0.15, 0.2) is 0 Å². The van der Waals surface area contributed by atoms with Gasteiger partial charge in [0.2, 0.25) is 0 Å². The van der Waals surface area contributed by atoms with Gasteiger partial charge >= 0.3 is 0 Å². The van der Waals surface area contributed by atoms with Gasteiger partial charge in [0.05, 0.1) is 11.5 Å². The van der Waals surface area contributed by atoms with E-state index < -0.39 is 5.60 Å². The van der Waals surface area contributed by atoms with Crippen molar-refractivity contribution in [2.45, 2.75) is 31.3 Å². The maximum absolute atomic E-state index is 11.7. The highest BCUT2D eigenvalue weighted by molar-refractivity contribution is 5.84. The number of rotatable bonds is 0. The van der Waals surface area contributed by atoms with E-state index in [0.29, 0.717) is 18.1 Å². The fourth-order valence-electron chi connectivity index (χ4n) is 3.51. The molecule has 2 fully saturated rings. The minimum atomic E-state index is -0.658. The number of hydrogen-bond acceptors (Lipinski definition) is 2. The van der Waals surface area contributed by atoms with E-state index in [9.17, 15) is 9.90 Å². The molecule has 0 heterocycles. The first kappa shape index (κ1) is 7.74. The minimum absolute atomic E-state index is 0.0590. The first-order valence-electron chi connectivity index (χ1n) is 5.15. The monoisotopic (exact) mass is 178 g/mol. The molecular weight excluding hydrogens is 164 g/mol. The Kier molecular flexibility index (Phi) is 1.33. The molecule has 0 radical (unpaired) electrons. The molecule has 0 aromatic carbocycles. The van der Waals surface area contributed by atoms with E-state index in [1.54, 1.807) is 0 Å². The summed E-state index contributed by atoms with van der Waals surface area (Å²) in [5.74, 6) is 0.858. The lowest BCUT2D eigenvalue weighted by Crippen LogP contribution is -2.48. The lowest BCUT2D eigenvalue weighted by Gasteiger charge is -2.39. The van der Waals surface area contributed by atoms with Crippen molar-refractivity contribution in [3.8, 4) is 0 Å². The third-order valence-electron chi connectivity index (χ3n) is 4.07.